The predicted octanol–water partition coefficient (Wildman–Crippen LogP) is 5.51. The maximum atomic E-state index is 12.6. The highest BCUT2D eigenvalue weighted by Gasteiger charge is 2.34. The third-order valence-electron chi connectivity index (χ3n) is 7.59. The Morgan fingerprint density at radius 2 is 1.81 bits per heavy atom. The Bertz CT molecular complexity index is 1290. The fourth-order valence-corrected chi connectivity index (χ4v) is 5.68. The van der Waals surface area contributed by atoms with Crippen LogP contribution in [0.3, 0.4) is 0 Å². The van der Waals surface area contributed by atoms with Crippen molar-refractivity contribution in [3.8, 4) is 5.75 Å². The van der Waals surface area contributed by atoms with Crippen LogP contribution in [0.1, 0.15) is 50.6 Å². The number of carbonyl (C=O) groups is 2. The second kappa shape index (κ2) is 9.72. The lowest BCUT2D eigenvalue weighted by Crippen LogP contribution is -2.42. The van der Waals surface area contributed by atoms with Gasteiger partial charge in [0.2, 0.25) is 5.95 Å². The van der Waals surface area contributed by atoms with Gasteiger partial charge in [-0.1, -0.05) is 12.1 Å². The number of benzene rings is 2. The molecule has 36 heavy (non-hydrogen) atoms. The third kappa shape index (κ3) is 4.12. The highest BCUT2D eigenvalue weighted by atomic mass is 16.5. The van der Waals surface area contributed by atoms with Crippen LogP contribution >= 0.6 is 0 Å². The molecule has 1 aliphatic carbocycles. The number of methoxy groups -OCH3 is 2. The number of fused-ring (bicyclic) bond motifs is 3. The van der Waals surface area contributed by atoms with Crippen molar-refractivity contribution < 1.29 is 24.2 Å². The summed E-state index contributed by atoms with van der Waals surface area (Å²) in [6.45, 7) is 2.03. The minimum atomic E-state index is -0.720. The standard InChI is InChI=1S/C27H32N4O5/c1-16-8-13-19-21(30(16)27(34)36-3)14-15-22-24(19)29-26(28-20-6-4-5-7-23(20)35-2)31(22)18-11-9-17(10-12-18)25(32)33/h4-7,14-18H,8-13H2,1-3H3,(H,28,29)(H,32,33)/t16-,17?,18?/m0/s1. The molecule has 2 aromatic carbocycles. The number of carbonyl (C=O) groups excluding carboxylic acids is 1. The molecular formula is C27H32N4O5. The lowest BCUT2D eigenvalue weighted by atomic mass is 9.86. The van der Waals surface area contributed by atoms with Gasteiger partial charge in [0.1, 0.15) is 5.75 Å². The number of rotatable bonds is 5. The van der Waals surface area contributed by atoms with E-state index in [1.54, 1.807) is 12.0 Å². The zero-order chi connectivity index (χ0) is 25.4. The van der Waals surface area contributed by atoms with Crippen LogP contribution in [0.4, 0.5) is 22.1 Å². The summed E-state index contributed by atoms with van der Waals surface area (Å²) < 4.78 is 12.8. The molecule has 190 valence electrons. The Morgan fingerprint density at radius 1 is 1.06 bits per heavy atom. The minimum absolute atomic E-state index is 0.0296. The number of aromatic nitrogens is 2. The first kappa shape index (κ1) is 24.0. The number of hydrogen-bond donors (Lipinski definition) is 2. The van der Waals surface area contributed by atoms with E-state index < -0.39 is 5.97 Å². The summed E-state index contributed by atoms with van der Waals surface area (Å²) in [7, 11) is 3.04. The van der Waals surface area contributed by atoms with Gasteiger partial charge in [-0.3, -0.25) is 9.69 Å². The summed E-state index contributed by atoms with van der Waals surface area (Å²) in [5.41, 5.74) is 4.48. The molecular weight excluding hydrogens is 460 g/mol. The van der Waals surface area contributed by atoms with Gasteiger partial charge in [-0.15, -0.1) is 0 Å². The minimum Gasteiger partial charge on any atom is -0.495 e. The molecule has 3 aromatic rings. The Morgan fingerprint density at radius 3 is 2.50 bits per heavy atom. The highest BCUT2D eigenvalue weighted by molar-refractivity contribution is 5.96. The van der Waals surface area contributed by atoms with Gasteiger partial charge in [0.05, 0.1) is 42.5 Å². The first-order valence-corrected chi connectivity index (χ1v) is 12.5. The molecule has 1 fully saturated rings. The summed E-state index contributed by atoms with van der Waals surface area (Å²) in [6.07, 6.45) is 4.02. The van der Waals surface area contributed by atoms with Gasteiger partial charge in [0, 0.05) is 17.6 Å². The van der Waals surface area contributed by atoms with E-state index in [1.807, 2.05) is 43.3 Å². The first-order chi connectivity index (χ1) is 17.4. The van der Waals surface area contributed by atoms with Crippen LogP contribution in [-0.2, 0) is 16.0 Å². The van der Waals surface area contributed by atoms with Crippen molar-refractivity contribution in [2.45, 2.75) is 57.5 Å². The summed E-state index contributed by atoms with van der Waals surface area (Å²) in [4.78, 5) is 30.9. The van der Waals surface area contributed by atoms with Crippen LogP contribution in [0.2, 0.25) is 0 Å². The zero-order valence-corrected chi connectivity index (χ0v) is 20.9. The molecule has 0 saturated heterocycles. The van der Waals surface area contributed by atoms with E-state index in [2.05, 4.69) is 9.88 Å². The monoisotopic (exact) mass is 492 g/mol. The first-order valence-electron chi connectivity index (χ1n) is 12.5. The van der Waals surface area contributed by atoms with E-state index in [-0.39, 0.29) is 24.1 Å². The maximum Gasteiger partial charge on any atom is 0.414 e. The average molecular weight is 493 g/mol. The molecule has 2 N–H and O–H groups in total. The van der Waals surface area contributed by atoms with Crippen molar-refractivity contribution in [2.24, 2.45) is 5.92 Å². The third-order valence-corrected chi connectivity index (χ3v) is 7.59. The zero-order valence-electron chi connectivity index (χ0n) is 20.9. The van der Waals surface area contributed by atoms with Crippen LogP contribution in [0, 0.1) is 5.92 Å². The van der Waals surface area contributed by atoms with E-state index in [4.69, 9.17) is 14.5 Å². The van der Waals surface area contributed by atoms with Gasteiger partial charge in [-0.2, -0.15) is 0 Å². The molecule has 9 heteroatoms. The smallest absolute Gasteiger partial charge is 0.414 e. The van der Waals surface area contributed by atoms with Gasteiger partial charge in [-0.25, -0.2) is 9.78 Å². The Labute approximate surface area is 210 Å². The van der Waals surface area contributed by atoms with E-state index in [0.717, 1.165) is 53.7 Å². The number of hydrogen-bond acceptors (Lipinski definition) is 6. The van der Waals surface area contributed by atoms with Crippen LogP contribution < -0.4 is 15.0 Å². The van der Waals surface area contributed by atoms with Crippen LogP contribution in [0.5, 0.6) is 5.75 Å². The average Bonchev–Trinajstić information content (AvgIpc) is 3.26. The predicted molar refractivity (Wildman–Crippen MR) is 137 cm³/mol. The summed E-state index contributed by atoms with van der Waals surface area (Å²) in [5.74, 6) is 0.371. The van der Waals surface area contributed by atoms with Gasteiger partial charge in [0.25, 0.3) is 0 Å². The number of ether oxygens (including phenoxy) is 2. The normalized spacial score (nSPS) is 21.6. The van der Waals surface area contributed by atoms with Crippen LogP contribution in [0.25, 0.3) is 11.0 Å². The van der Waals surface area contributed by atoms with Crippen LogP contribution in [0.15, 0.2) is 36.4 Å². The summed E-state index contributed by atoms with van der Waals surface area (Å²) in [5, 5.41) is 13.0. The Hall–Kier alpha value is -3.75. The van der Waals surface area contributed by atoms with E-state index in [0.29, 0.717) is 24.5 Å². The molecule has 1 atom stereocenters. The number of para-hydroxylation sites is 2. The topological polar surface area (TPSA) is 106 Å². The molecule has 0 unspecified atom stereocenters. The molecule has 0 bridgehead atoms. The number of anilines is 3. The molecule has 0 radical (unpaired) electrons. The number of aryl methyl sites for hydroxylation is 1. The number of aliphatic carboxylic acids is 1. The lowest BCUT2D eigenvalue weighted by Gasteiger charge is -2.34. The van der Waals surface area contributed by atoms with Crippen molar-refractivity contribution >= 4 is 40.4 Å². The van der Waals surface area contributed by atoms with Gasteiger partial charge in [0.15, 0.2) is 0 Å². The maximum absolute atomic E-state index is 12.6. The molecule has 9 nitrogen and oxygen atoms in total. The molecule has 5 rings (SSSR count). The SMILES string of the molecule is COC(=O)N1c2ccc3c(nc(Nc4ccccc4OC)n3C3CCC(C(=O)O)CC3)c2CC[C@@H]1C. The number of carboxylic acids is 1. The van der Waals surface area contributed by atoms with E-state index in [9.17, 15) is 14.7 Å². The largest absolute Gasteiger partial charge is 0.495 e. The Balaban J connectivity index is 1.63. The molecule has 2 aliphatic rings. The molecule has 1 saturated carbocycles. The Kier molecular flexibility index (Phi) is 6.47. The van der Waals surface area contributed by atoms with Crippen molar-refractivity contribution in [1.29, 1.82) is 0 Å². The highest BCUT2D eigenvalue weighted by Crippen LogP contribution is 2.42. The molecule has 0 spiro atoms. The summed E-state index contributed by atoms with van der Waals surface area (Å²) in [6, 6.07) is 11.8. The molecule has 1 amide bonds. The number of carboxylic acid groups (broad SMARTS) is 1. The number of nitrogens with zero attached hydrogens (tertiary/aromatic N) is 3. The van der Waals surface area contributed by atoms with Gasteiger partial charge >= 0.3 is 12.1 Å². The lowest BCUT2D eigenvalue weighted by molar-refractivity contribution is -0.143. The quantitative estimate of drug-likeness (QED) is 0.484. The number of amides is 1. The van der Waals surface area contributed by atoms with Crippen molar-refractivity contribution in [1.82, 2.24) is 9.55 Å². The van der Waals surface area contributed by atoms with Gasteiger partial charge in [-0.05, 0) is 69.7 Å². The van der Waals surface area contributed by atoms with Crippen molar-refractivity contribution in [3.63, 3.8) is 0 Å². The number of nitrogens with one attached hydrogen (secondary N) is 1. The number of imidazole rings is 1. The van der Waals surface area contributed by atoms with E-state index >= 15 is 0 Å². The second-order valence-electron chi connectivity index (χ2n) is 9.63. The molecule has 2 heterocycles. The van der Waals surface area contributed by atoms with Gasteiger partial charge < -0.3 is 24.5 Å². The fourth-order valence-electron chi connectivity index (χ4n) is 5.68. The fraction of sp³-hybridized carbons (Fsp3) is 0.444. The van der Waals surface area contributed by atoms with Crippen LogP contribution in [-0.4, -0.2) is 47.0 Å². The second-order valence-corrected chi connectivity index (χ2v) is 9.63. The summed E-state index contributed by atoms with van der Waals surface area (Å²) >= 11 is 0. The molecule has 1 aromatic heterocycles. The molecule has 1 aliphatic heterocycles. The van der Waals surface area contributed by atoms with Crippen molar-refractivity contribution in [2.75, 3.05) is 24.4 Å². The van der Waals surface area contributed by atoms with E-state index in [1.165, 1.54) is 7.11 Å². The van der Waals surface area contributed by atoms with Crippen molar-refractivity contribution in [3.05, 3.63) is 42.0 Å².